The molecule has 0 spiro atoms. The minimum absolute atomic E-state index is 0.655. The van der Waals surface area contributed by atoms with Crippen molar-refractivity contribution in [3.63, 3.8) is 0 Å². The van der Waals surface area contributed by atoms with E-state index in [4.69, 9.17) is 4.98 Å². The van der Waals surface area contributed by atoms with Gasteiger partial charge in [-0.05, 0) is 39.7 Å². The molecule has 0 radical (unpaired) electrons. The molecule has 0 aliphatic carbocycles. The summed E-state index contributed by atoms with van der Waals surface area (Å²) in [5, 5.41) is 4.47. The average Bonchev–Trinajstić information content (AvgIpc) is 2.73. The molecule has 2 rings (SSSR count). The summed E-state index contributed by atoms with van der Waals surface area (Å²) >= 11 is 1.87. The highest BCUT2D eigenvalue weighted by Crippen LogP contribution is 2.31. The monoisotopic (exact) mass is 253 g/mol. The Morgan fingerprint density at radius 1 is 1.47 bits per heavy atom. The molecule has 1 aliphatic heterocycles. The van der Waals surface area contributed by atoms with Gasteiger partial charge in [0.15, 0.2) is 5.13 Å². The maximum absolute atomic E-state index is 4.83. The zero-order chi connectivity index (χ0) is 12.3. The van der Waals surface area contributed by atoms with Crippen LogP contribution >= 0.6 is 11.3 Å². The standard InChI is InChI=1S/C13H23N3S/c1-4-11-12(9-14-3)17-13(15-11)16-8-6-5-7-10(16)2/h10,14H,4-9H2,1-3H3. The Kier molecular flexibility index (Phi) is 4.40. The van der Waals surface area contributed by atoms with Gasteiger partial charge in [0.25, 0.3) is 0 Å². The molecule has 1 aliphatic rings. The Labute approximate surface area is 108 Å². The number of anilines is 1. The van der Waals surface area contributed by atoms with Crippen LogP contribution in [-0.2, 0) is 13.0 Å². The van der Waals surface area contributed by atoms with E-state index < -0.39 is 0 Å². The molecule has 4 heteroatoms. The fourth-order valence-electron chi connectivity index (χ4n) is 2.45. The molecule has 0 bridgehead atoms. The van der Waals surface area contributed by atoms with Gasteiger partial charge in [-0.2, -0.15) is 0 Å². The van der Waals surface area contributed by atoms with Crippen LogP contribution in [0.1, 0.15) is 43.7 Å². The van der Waals surface area contributed by atoms with E-state index in [-0.39, 0.29) is 0 Å². The van der Waals surface area contributed by atoms with Gasteiger partial charge in [-0.15, -0.1) is 11.3 Å². The Morgan fingerprint density at radius 2 is 2.29 bits per heavy atom. The summed E-state index contributed by atoms with van der Waals surface area (Å²) in [6, 6.07) is 0.655. The number of hydrogen-bond donors (Lipinski definition) is 1. The molecule has 0 aromatic carbocycles. The smallest absolute Gasteiger partial charge is 0.186 e. The van der Waals surface area contributed by atoms with E-state index in [2.05, 4.69) is 24.1 Å². The number of aromatic nitrogens is 1. The molecule has 1 aromatic heterocycles. The van der Waals surface area contributed by atoms with E-state index in [1.54, 1.807) is 0 Å². The summed E-state index contributed by atoms with van der Waals surface area (Å²) < 4.78 is 0. The molecule has 0 saturated carbocycles. The molecule has 1 fully saturated rings. The largest absolute Gasteiger partial charge is 0.345 e. The topological polar surface area (TPSA) is 28.2 Å². The van der Waals surface area contributed by atoms with Crippen molar-refractivity contribution in [3.05, 3.63) is 10.6 Å². The molecule has 1 N–H and O–H groups in total. The predicted molar refractivity (Wildman–Crippen MR) is 74.9 cm³/mol. The summed E-state index contributed by atoms with van der Waals surface area (Å²) in [5.74, 6) is 0. The quantitative estimate of drug-likeness (QED) is 0.894. The Hall–Kier alpha value is -0.610. The van der Waals surface area contributed by atoms with Crippen LogP contribution in [0, 0.1) is 0 Å². The van der Waals surface area contributed by atoms with E-state index in [9.17, 15) is 0 Å². The number of nitrogens with one attached hydrogen (secondary N) is 1. The maximum Gasteiger partial charge on any atom is 0.186 e. The third-order valence-corrected chi connectivity index (χ3v) is 4.62. The second kappa shape index (κ2) is 5.83. The molecule has 17 heavy (non-hydrogen) atoms. The van der Waals surface area contributed by atoms with Gasteiger partial charge in [0, 0.05) is 24.0 Å². The molecule has 2 heterocycles. The van der Waals surface area contributed by atoms with Crippen molar-refractivity contribution in [2.24, 2.45) is 0 Å². The van der Waals surface area contributed by atoms with Crippen molar-refractivity contribution in [2.75, 3.05) is 18.5 Å². The summed E-state index contributed by atoms with van der Waals surface area (Å²) in [4.78, 5) is 8.72. The van der Waals surface area contributed by atoms with Crippen LogP contribution in [0.5, 0.6) is 0 Å². The predicted octanol–water partition coefficient (Wildman–Crippen LogP) is 2.80. The van der Waals surface area contributed by atoms with Crippen molar-refractivity contribution >= 4 is 16.5 Å². The van der Waals surface area contributed by atoms with Crippen LogP contribution in [0.2, 0.25) is 0 Å². The van der Waals surface area contributed by atoms with Gasteiger partial charge < -0.3 is 10.2 Å². The van der Waals surface area contributed by atoms with Crippen molar-refractivity contribution in [3.8, 4) is 0 Å². The second-order valence-electron chi connectivity index (χ2n) is 4.79. The van der Waals surface area contributed by atoms with E-state index >= 15 is 0 Å². The fourth-order valence-corrected chi connectivity index (χ4v) is 3.74. The molecule has 1 saturated heterocycles. The highest BCUT2D eigenvalue weighted by atomic mass is 32.1. The number of piperidine rings is 1. The first-order chi connectivity index (χ1) is 8.26. The van der Waals surface area contributed by atoms with E-state index in [1.165, 1.54) is 41.5 Å². The van der Waals surface area contributed by atoms with Crippen molar-refractivity contribution in [1.82, 2.24) is 10.3 Å². The first-order valence-electron chi connectivity index (χ1n) is 6.66. The normalized spacial score (nSPS) is 20.9. The third-order valence-electron chi connectivity index (χ3n) is 3.49. The summed E-state index contributed by atoms with van der Waals surface area (Å²) in [5.41, 5.74) is 1.28. The van der Waals surface area contributed by atoms with Crippen molar-refractivity contribution in [2.45, 2.75) is 52.1 Å². The fraction of sp³-hybridized carbons (Fsp3) is 0.769. The Bertz CT molecular complexity index is 362. The Balaban J connectivity index is 2.19. The lowest BCUT2D eigenvalue weighted by atomic mass is 10.1. The van der Waals surface area contributed by atoms with Gasteiger partial charge in [-0.3, -0.25) is 0 Å². The molecule has 96 valence electrons. The lowest BCUT2D eigenvalue weighted by Gasteiger charge is -2.33. The number of rotatable bonds is 4. The first-order valence-corrected chi connectivity index (χ1v) is 7.47. The molecule has 1 atom stereocenters. The van der Waals surface area contributed by atoms with Crippen LogP contribution in [0.3, 0.4) is 0 Å². The van der Waals surface area contributed by atoms with Crippen LogP contribution in [0.15, 0.2) is 0 Å². The van der Waals surface area contributed by atoms with E-state index in [0.717, 1.165) is 13.0 Å². The highest BCUT2D eigenvalue weighted by Gasteiger charge is 2.22. The average molecular weight is 253 g/mol. The second-order valence-corrected chi connectivity index (χ2v) is 5.85. The van der Waals surface area contributed by atoms with Gasteiger partial charge in [0.1, 0.15) is 0 Å². The van der Waals surface area contributed by atoms with Crippen molar-refractivity contribution < 1.29 is 0 Å². The lowest BCUT2D eigenvalue weighted by Crippen LogP contribution is -2.37. The van der Waals surface area contributed by atoms with E-state index in [0.29, 0.717) is 6.04 Å². The zero-order valence-electron chi connectivity index (χ0n) is 11.1. The van der Waals surface area contributed by atoms with Crippen molar-refractivity contribution in [1.29, 1.82) is 0 Å². The van der Waals surface area contributed by atoms with Gasteiger partial charge in [-0.25, -0.2) is 4.98 Å². The minimum atomic E-state index is 0.655. The Morgan fingerprint density at radius 3 is 2.94 bits per heavy atom. The SMILES string of the molecule is CCc1nc(N2CCCCC2C)sc1CNC. The molecular weight excluding hydrogens is 230 g/mol. The van der Waals surface area contributed by atoms with Crippen LogP contribution in [-0.4, -0.2) is 24.6 Å². The van der Waals surface area contributed by atoms with Crippen LogP contribution in [0.4, 0.5) is 5.13 Å². The van der Waals surface area contributed by atoms with Crippen LogP contribution in [0.25, 0.3) is 0 Å². The highest BCUT2D eigenvalue weighted by molar-refractivity contribution is 7.15. The number of thiazole rings is 1. The summed E-state index contributed by atoms with van der Waals surface area (Å²) in [7, 11) is 2.00. The number of nitrogens with zero attached hydrogens (tertiary/aromatic N) is 2. The first kappa shape index (κ1) is 12.8. The molecule has 1 unspecified atom stereocenters. The van der Waals surface area contributed by atoms with Gasteiger partial charge in [0.2, 0.25) is 0 Å². The molecule has 0 amide bonds. The molecule has 3 nitrogen and oxygen atoms in total. The third kappa shape index (κ3) is 2.80. The number of hydrogen-bond acceptors (Lipinski definition) is 4. The van der Waals surface area contributed by atoms with Gasteiger partial charge in [-0.1, -0.05) is 6.92 Å². The molecule has 1 aromatic rings. The van der Waals surface area contributed by atoms with Crippen LogP contribution < -0.4 is 10.2 Å². The lowest BCUT2D eigenvalue weighted by molar-refractivity contribution is 0.484. The van der Waals surface area contributed by atoms with Gasteiger partial charge >= 0.3 is 0 Å². The van der Waals surface area contributed by atoms with E-state index in [1.807, 2.05) is 18.4 Å². The van der Waals surface area contributed by atoms with Gasteiger partial charge in [0.05, 0.1) is 5.69 Å². The summed E-state index contributed by atoms with van der Waals surface area (Å²) in [6.07, 6.45) is 5.03. The number of aryl methyl sites for hydroxylation is 1. The molecular formula is C13H23N3S. The zero-order valence-corrected chi connectivity index (χ0v) is 11.9. The summed E-state index contributed by atoms with van der Waals surface area (Å²) in [6.45, 7) is 6.64. The maximum atomic E-state index is 4.83. The minimum Gasteiger partial charge on any atom is -0.345 e.